The van der Waals surface area contributed by atoms with E-state index in [1.807, 2.05) is 13.8 Å². The Bertz CT molecular complexity index is 498. The maximum absolute atomic E-state index is 11.2. The van der Waals surface area contributed by atoms with E-state index in [0.29, 0.717) is 26.2 Å². The van der Waals surface area contributed by atoms with Crippen molar-refractivity contribution in [1.82, 2.24) is 14.4 Å². The second-order valence-corrected chi connectivity index (χ2v) is 6.07. The number of nitrogens with zero attached hydrogens (tertiary/aromatic N) is 3. The second kappa shape index (κ2) is 4.96. The Balaban J connectivity index is 1.95. The summed E-state index contributed by atoms with van der Waals surface area (Å²) in [6, 6.07) is 0. The topological polar surface area (TPSA) is 92.7 Å². The van der Waals surface area contributed by atoms with Crippen LogP contribution in [0.2, 0.25) is 0 Å². The van der Waals surface area contributed by atoms with Gasteiger partial charge in [0.15, 0.2) is 0 Å². The Morgan fingerprint density at radius 1 is 1.28 bits per heavy atom. The molecule has 0 radical (unpaired) electrons. The highest BCUT2D eigenvalue weighted by atomic mass is 32.2. The molecule has 1 fully saturated rings. The van der Waals surface area contributed by atoms with Crippen molar-refractivity contribution >= 4 is 10.2 Å². The number of piperazine rings is 1. The molecule has 1 aromatic rings. The molecule has 2 N–H and O–H groups in total. The first-order valence-electron chi connectivity index (χ1n) is 5.80. The van der Waals surface area contributed by atoms with Gasteiger partial charge in [-0.15, -0.1) is 0 Å². The molecule has 1 aliphatic rings. The maximum Gasteiger partial charge on any atom is 0.276 e. The van der Waals surface area contributed by atoms with E-state index in [1.165, 1.54) is 4.31 Å². The standard InChI is InChI=1S/C10H18N4O3S/c1-8-10(9(2)17-12-8)7-13-3-5-14(6-4-13)18(11,15)16/h3-7H2,1-2H3,(H2,11,15,16). The summed E-state index contributed by atoms with van der Waals surface area (Å²) in [5.74, 6) is 0.821. The first kappa shape index (κ1) is 13.5. The van der Waals surface area contributed by atoms with Crippen molar-refractivity contribution in [2.45, 2.75) is 20.4 Å². The van der Waals surface area contributed by atoms with Crippen molar-refractivity contribution in [3.8, 4) is 0 Å². The van der Waals surface area contributed by atoms with Gasteiger partial charge in [-0.05, 0) is 13.8 Å². The molecule has 8 heteroatoms. The average Bonchev–Trinajstić information content (AvgIpc) is 2.60. The molecule has 18 heavy (non-hydrogen) atoms. The van der Waals surface area contributed by atoms with Crippen LogP contribution in [-0.2, 0) is 16.8 Å². The minimum atomic E-state index is -3.55. The zero-order valence-electron chi connectivity index (χ0n) is 10.6. The van der Waals surface area contributed by atoms with E-state index in [-0.39, 0.29) is 0 Å². The third-order valence-corrected chi connectivity index (χ3v) is 4.34. The van der Waals surface area contributed by atoms with Gasteiger partial charge in [0, 0.05) is 38.3 Å². The molecule has 0 bridgehead atoms. The fraction of sp³-hybridized carbons (Fsp3) is 0.700. The van der Waals surface area contributed by atoms with Crippen molar-refractivity contribution in [2.24, 2.45) is 5.14 Å². The fourth-order valence-corrected chi connectivity index (χ4v) is 2.77. The summed E-state index contributed by atoms with van der Waals surface area (Å²) < 4.78 is 28.8. The molecule has 0 aromatic carbocycles. The zero-order chi connectivity index (χ0) is 13.3. The molecule has 102 valence electrons. The minimum absolute atomic E-state index is 0.433. The summed E-state index contributed by atoms with van der Waals surface area (Å²) in [4.78, 5) is 2.17. The Kier molecular flexibility index (Phi) is 3.71. The molecule has 7 nitrogen and oxygen atoms in total. The number of nitrogens with two attached hydrogens (primary N) is 1. The van der Waals surface area contributed by atoms with Gasteiger partial charge in [0.1, 0.15) is 5.76 Å². The summed E-state index contributed by atoms with van der Waals surface area (Å²) in [5.41, 5.74) is 1.97. The fourth-order valence-electron chi connectivity index (χ4n) is 2.09. The highest BCUT2D eigenvalue weighted by Gasteiger charge is 2.24. The van der Waals surface area contributed by atoms with Crippen molar-refractivity contribution < 1.29 is 12.9 Å². The molecule has 2 rings (SSSR count). The lowest BCUT2D eigenvalue weighted by atomic mass is 10.2. The monoisotopic (exact) mass is 274 g/mol. The highest BCUT2D eigenvalue weighted by molar-refractivity contribution is 7.86. The highest BCUT2D eigenvalue weighted by Crippen LogP contribution is 2.16. The predicted octanol–water partition coefficient (Wildman–Crippen LogP) is -0.387. The molecule has 0 spiro atoms. The molecule has 0 aliphatic carbocycles. The molecular formula is C10H18N4O3S. The smallest absolute Gasteiger partial charge is 0.276 e. The van der Waals surface area contributed by atoms with Gasteiger partial charge in [0.2, 0.25) is 0 Å². The third kappa shape index (κ3) is 2.89. The Hall–Kier alpha value is -0.960. The number of aromatic nitrogens is 1. The van der Waals surface area contributed by atoms with E-state index in [9.17, 15) is 8.42 Å². The molecule has 0 atom stereocenters. The van der Waals surface area contributed by atoms with Crippen molar-refractivity contribution in [1.29, 1.82) is 0 Å². The predicted molar refractivity (Wildman–Crippen MR) is 65.9 cm³/mol. The van der Waals surface area contributed by atoms with E-state index >= 15 is 0 Å². The van der Waals surface area contributed by atoms with Gasteiger partial charge in [-0.25, -0.2) is 5.14 Å². The van der Waals surface area contributed by atoms with Crippen molar-refractivity contribution in [3.05, 3.63) is 17.0 Å². The van der Waals surface area contributed by atoms with Gasteiger partial charge in [0.25, 0.3) is 10.2 Å². The normalized spacial score (nSPS) is 19.3. The Morgan fingerprint density at radius 2 is 1.89 bits per heavy atom. The molecule has 1 saturated heterocycles. The minimum Gasteiger partial charge on any atom is -0.361 e. The SMILES string of the molecule is Cc1noc(C)c1CN1CCN(S(N)(=O)=O)CC1. The third-order valence-electron chi connectivity index (χ3n) is 3.25. The number of hydrogen-bond acceptors (Lipinski definition) is 5. The zero-order valence-corrected chi connectivity index (χ0v) is 11.4. The van der Waals surface area contributed by atoms with E-state index in [2.05, 4.69) is 10.1 Å². The van der Waals surface area contributed by atoms with Gasteiger partial charge in [0.05, 0.1) is 5.69 Å². The molecule has 0 unspecified atom stereocenters. The van der Waals surface area contributed by atoms with Crippen molar-refractivity contribution in [3.63, 3.8) is 0 Å². The van der Waals surface area contributed by atoms with Gasteiger partial charge in [-0.1, -0.05) is 5.16 Å². The number of hydrogen-bond donors (Lipinski definition) is 1. The molecule has 0 amide bonds. The van der Waals surface area contributed by atoms with Gasteiger partial charge in [-0.3, -0.25) is 4.90 Å². The van der Waals surface area contributed by atoms with E-state index in [4.69, 9.17) is 9.66 Å². The van der Waals surface area contributed by atoms with Gasteiger partial charge < -0.3 is 4.52 Å². The number of rotatable bonds is 3. The largest absolute Gasteiger partial charge is 0.361 e. The van der Waals surface area contributed by atoms with E-state index in [0.717, 1.165) is 23.6 Å². The van der Waals surface area contributed by atoms with Crippen LogP contribution in [0.1, 0.15) is 17.0 Å². The van der Waals surface area contributed by atoms with E-state index < -0.39 is 10.2 Å². The maximum atomic E-state index is 11.2. The van der Waals surface area contributed by atoms with Crippen LogP contribution >= 0.6 is 0 Å². The molecule has 2 heterocycles. The lowest BCUT2D eigenvalue weighted by Crippen LogP contribution is -2.50. The van der Waals surface area contributed by atoms with Gasteiger partial charge in [-0.2, -0.15) is 12.7 Å². The second-order valence-electron chi connectivity index (χ2n) is 4.52. The van der Waals surface area contributed by atoms with Gasteiger partial charge >= 0.3 is 0 Å². The number of aryl methyl sites for hydroxylation is 2. The molecular weight excluding hydrogens is 256 g/mol. The molecule has 1 aromatic heterocycles. The van der Waals surface area contributed by atoms with Crippen LogP contribution in [-0.4, -0.2) is 49.0 Å². The Morgan fingerprint density at radius 3 is 2.33 bits per heavy atom. The summed E-state index contributed by atoms with van der Waals surface area (Å²) in [5, 5.41) is 9.00. The van der Waals surface area contributed by atoms with Crippen molar-refractivity contribution in [2.75, 3.05) is 26.2 Å². The molecule has 0 saturated carbocycles. The van der Waals surface area contributed by atoms with Crippen LogP contribution in [0, 0.1) is 13.8 Å². The average molecular weight is 274 g/mol. The lowest BCUT2D eigenvalue weighted by molar-refractivity contribution is 0.180. The van der Waals surface area contributed by atoms with Crippen LogP contribution in [0.25, 0.3) is 0 Å². The first-order chi connectivity index (χ1) is 8.38. The summed E-state index contributed by atoms with van der Waals surface area (Å²) in [6.07, 6.45) is 0. The van der Waals surface area contributed by atoms with Crippen LogP contribution in [0.5, 0.6) is 0 Å². The van der Waals surface area contributed by atoms with Crippen LogP contribution in [0.15, 0.2) is 4.52 Å². The van der Waals surface area contributed by atoms with Crippen LogP contribution < -0.4 is 5.14 Å². The quantitative estimate of drug-likeness (QED) is 0.810. The van der Waals surface area contributed by atoms with E-state index in [1.54, 1.807) is 0 Å². The molecule has 1 aliphatic heterocycles. The van der Waals surface area contributed by atoms with Crippen LogP contribution in [0.3, 0.4) is 0 Å². The summed E-state index contributed by atoms with van der Waals surface area (Å²) in [6.45, 7) is 6.73. The summed E-state index contributed by atoms with van der Waals surface area (Å²) in [7, 11) is -3.55. The summed E-state index contributed by atoms with van der Waals surface area (Å²) >= 11 is 0. The first-order valence-corrected chi connectivity index (χ1v) is 7.30. The Labute approximate surface area is 107 Å². The lowest BCUT2D eigenvalue weighted by Gasteiger charge is -2.32. The van der Waals surface area contributed by atoms with Crippen LogP contribution in [0.4, 0.5) is 0 Å².